The van der Waals surface area contributed by atoms with Crippen LogP contribution in [0.15, 0.2) is 29.2 Å². The minimum atomic E-state index is -3.18. The van der Waals surface area contributed by atoms with Crippen LogP contribution in [0.1, 0.15) is 32.1 Å². The molecule has 1 saturated carbocycles. The first kappa shape index (κ1) is 16.6. The van der Waals surface area contributed by atoms with Gasteiger partial charge in [-0.25, -0.2) is 13.1 Å². The summed E-state index contributed by atoms with van der Waals surface area (Å²) in [7, 11) is -3.18. The first-order valence-electron chi connectivity index (χ1n) is 7.51. The quantitative estimate of drug-likeness (QED) is 0.596. The molecular formula is C15H24N2O2S2. The van der Waals surface area contributed by atoms with Gasteiger partial charge in [0.25, 0.3) is 0 Å². The van der Waals surface area contributed by atoms with Crippen molar-refractivity contribution >= 4 is 27.5 Å². The number of nitrogen functional groups attached to an aromatic ring is 1. The van der Waals surface area contributed by atoms with E-state index in [4.69, 9.17) is 5.73 Å². The van der Waals surface area contributed by atoms with Crippen molar-refractivity contribution in [3.8, 4) is 0 Å². The van der Waals surface area contributed by atoms with Crippen LogP contribution in [0.2, 0.25) is 0 Å². The number of hydrogen-bond acceptors (Lipinski definition) is 4. The predicted octanol–water partition coefficient (Wildman–Crippen LogP) is 2.86. The molecule has 0 atom stereocenters. The van der Waals surface area contributed by atoms with E-state index in [0.717, 1.165) is 17.7 Å². The normalized spacial score (nSPS) is 17.0. The molecule has 1 aromatic carbocycles. The van der Waals surface area contributed by atoms with Crippen LogP contribution < -0.4 is 10.5 Å². The Bertz CT molecular complexity index is 540. The van der Waals surface area contributed by atoms with E-state index in [1.165, 1.54) is 31.0 Å². The molecule has 0 saturated heterocycles. The fourth-order valence-electron chi connectivity index (χ4n) is 2.58. The molecule has 4 nitrogen and oxygen atoms in total. The summed E-state index contributed by atoms with van der Waals surface area (Å²) in [6, 6.07) is 7.54. The van der Waals surface area contributed by atoms with Gasteiger partial charge in [0, 0.05) is 22.9 Å². The summed E-state index contributed by atoms with van der Waals surface area (Å²) in [5.41, 5.74) is 6.54. The zero-order chi connectivity index (χ0) is 15.1. The Labute approximate surface area is 131 Å². The third-order valence-electron chi connectivity index (χ3n) is 3.85. The van der Waals surface area contributed by atoms with E-state index in [0.29, 0.717) is 23.9 Å². The van der Waals surface area contributed by atoms with Crippen molar-refractivity contribution < 1.29 is 8.42 Å². The van der Waals surface area contributed by atoms with Crippen molar-refractivity contribution in [3.05, 3.63) is 24.3 Å². The summed E-state index contributed by atoms with van der Waals surface area (Å²) in [6.07, 6.45) is 6.05. The van der Waals surface area contributed by atoms with Crippen LogP contribution in [0.25, 0.3) is 0 Å². The first-order chi connectivity index (χ1) is 10.1. The van der Waals surface area contributed by atoms with Crippen molar-refractivity contribution in [2.45, 2.75) is 37.0 Å². The van der Waals surface area contributed by atoms with Crippen LogP contribution in [0, 0.1) is 5.92 Å². The van der Waals surface area contributed by atoms with Gasteiger partial charge >= 0.3 is 0 Å². The first-order valence-corrected chi connectivity index (χ1v) is 10.2. The Morgan fingerprint density at radius 3 is 2.62 bits per heavy atom. The van der Waals surface area contributed by atoms with Gasteiger partial charge in [0.1, 0.15) is 0 Å². The van der Waals surface area contributed by atoms with Crippen LogP contribution in [0.3, 0.4) is 0 Å². The van der Waals surface area contributed by atoms with Gasteiger partial charge < -0.3 is 5.73 Å². The number of thioether (sulfide) groups is 1. The maximum atomic E-state index is 12.0. The third kappa shape index (κ3) is 5.88. The summed E-state index contributed by atoms with van der Waals surface area (Å²) >= 11 is 1.49. The molecule has 0 spiro atoms. The van der Waals surface area contributed by atoms with Crippen molar-refractivity contribution in [1.82, 2.24) is 4.72 Å². The molecule has 0 aliphatic heterocycles. The van der Waals surface area contributed by atoms with E-state index in [1.54, 1.807) is 0 Å². The summed E-state index contributed by atoms with van der Waals surface area (Å²) in [5.74, 6) is 1.18. The number of hydrogen-bond donors (Lipinski definition) is 2. The van der Waals surface area contributed by atoms with E-state index in [1.807, 2.05) is 24.3 Å². The van der Waals surface area contributed by atoms with Crippen molar-refractivity contribution in [1.29, 1.82) is 0 Å². The van der Waals surface area contributed by atoms with Crippen molar-refractivity contribution in [2.75, 3.05) is 23.8 Å². The minimum absolute atomic E-state index is 0.138. The molecule has 0 aromatic heterocycles. The monoisotopic (exact) mass is 328 g/mol. The fourth-order valence-corrected chi connectivity index (χ4v) is 5.06. The number of rotatable bonds is 7. The van der Waals surface area contributed by atoms with Crippen molar-refractivity contribution in [3.63, 3.8) is 0 Å². The average molecular weight is 329 g/mol. The second kappa shape index (κ2) is 8.06. The molecule has 0 amide bonds. The highest BCUT2D eigenvalue weighted by Crippen LogP contribution is 2.25. The number of para-hydroxylation sites is 1. The standard InChI is InChI=1S/C15H24N2O2S2/c16-14-8-4-5-9-15(14)20-10-11-21(18,19)17-12-13-6-2-1-3-7-13/h4-5,8-9,13,17H,1-3,6-7,10-12,16H2. The highest BCUT2D eigenvalue weighted by molar-refractivity contribution is 8.00. The third-order valence-corrected chi connectivity index (χ3v) is 6.54. The topological polar surface area (TPSA) is 72.2 Å². The lowest BCUT2D eigenvalue weighted by molar-refractivity contribution is 0.357. The Morgan fingerprint density at radius 1 is 1.19 bits per heavy atom. The van der Waals surface area contributed by atoms with Gasteiger partial charge in [0.2, 0.25) is 10.0 Å². The Morgan fingerprint density at radius 2 is 1.90 bits per heavy atom. The molecule has 0 heterocycles. The van der Waals surface area contributed by atoms with Crippen LogP contribution in [-0.2, 0) is 10.0 Å². The fraction of sp³-hybridized carbons (Fsp3) is 0.600. The maximum absolute atomic E-state index is 12.0. The number of anilines is 1. The van der Waals surface area contributed by atoms with Gasteiger partial charge in [-0.05, 0) is 30.9 Å². The Kier molecular flexibility index (Phi) is 6.39. The summed E-state index contributed by atoms with van der Waals surface area (Å²) in [6.45, 7) is 0.598. The largest absolute Gasteiger partial charge is 0.398 e. The van der Waals surface area contributed by atoms with Crippen LogP contribution >= 0.6 is 11.8 Å². The van der Waals surface area contributed by atoms with E-state index in [2.05, 4.69) is 4.72 Å². The minimum Gasteiger partial charge on any atom is -0.398 e. The molecule has 3 N–H and O–H groups in total. The molecule has 2 rings (SSSR count). The molecule has 1 fully saturated rings. The molecule has 0 bridgehead atoms. The number of sulfonamides is 1. The molecule has 0 radical (unpaired) electrons. The molecule has 1 aliphatic rings. The van der Waals surface area contributed by atoms with Gasteiger partial charge in [-0.15, -0.1) is 11.8 Å². The number of nitrogens with one attached hydrogen (secondary N) is 1. The number of benzene rings is 1. The van der Waals surface area contributed by atoms with Crippen molar-refractivity contribution in [2.24, 2.45) is 5.92 Å². The predicted molar refractivity (Wildman–Crippen MR) is 89.9 cm³/mol. The summed E-state index contributed by atoms with van der Waals surface area (Å²) in [4.78, 5) is 0.944. The van der Waals surface area contributed by atoms with Crippen LogP contribution in [0.5, 0.6) is 0 Å². The van der Waals surface area contributed by atoms with E-state index >= 15 is 0 Å². The van der Waals surface area contributed by atoms with E-state index in [-0.39, 0.29) is 5.75 Å². The SMILES string of the molecule is Nc1ccccc1SCCS(=O)(=O)NCC1CCCCC1. The average Bonchev–Trinajstić information content (AvgIpc) is 2.48. The van der Waals surface area contributed by atoms with E-state index in [9.17, 15) is 8.42 Å². The van der Waals surface area contributed by atoms with Crippen LogP contribution in [-0.4, -0.2) is 26.5 Å². The Hall–Kier alpha value is -0.720. The zero-order valence-electron chi connectivity index (χ0n) is 12.3. The molecule has 21 heavy (non-hydrogen) atoms. The molecule has 6 heteroatoms. The Balaban J connectivity index is 1.72. The highest BCUT2D eigenvalue weighted by atomic mass is 32.2. The zero-order valence-corrected chi connectivity index (χ0v) is 13.9. The maximum Gasteiger partial charge on any atom is 0.212 e. The second-order valence-electron chi connectivity index (χ2n) is 5.56. The van der Waals surface area contributed by atoms with Gasteiger partial charge in [0.05, 0.1) is 5.75 Å². The van der Waals surface area contributed by atoms with E-state index < -0.39 is 10.0 Å². The lowest BCUT2D eigenvalue weighted by Crippen LogP contribution is -2.32. The lowest BCUT2D eigenvalue weighted by atomic mass is 9.90. The van der Waals surface area contributed by atoms with Crippen LogP contribution in [0.4, 0.5) is 5.69 Å². The van der Waals surface area contributed by atoms with Gasteiger partial charge in [-0.3, -0.25) is 0 Å². The second-order valence-corrected chi connectivity index (χ2v) is 8.62. The molecule has 1 aliphatic carbocycles. The molecule has 0 unspecified atom stereocenters. The number of nitrogens with two attached hydrogens (primary N) is 1. The summed E-state index contributed by atoms with van der Waals surface area (Å²) < 4.78 is 26.7. The molecule has 118 valence electrons. The molecule has 1 aromatic rings. The van der Waals surface area contributed by atoms with Gasteiger partial charge in [-0.1, -0.05) is 31.4 Å². The smallest absolute Gasteiger partial charge is 0.212 e. The highest BCUT2D eigenvalue weighted by Gasteiger charge is 2.17. The van der Waals surface area contributed by atoms with Gasteiger partial charge in [-0.2, -0.15) is 0 Å². The lowest BCUT2D eigenvalue weighted by Gasteiger charge is -2.21. The summed E-state index contributed by atoms with van der Waals surface area (Å²) in [5, 5.41) is 0. The molecular weight excluding hydrogens is 304 g/mol. The van der Waals surface area contributed by atoms with Gasteiger partial charge in [0.15, 0.2) is 0 Å².